The second-order valence-electron chi connectivity index (χ2n) is 9.40. The number of hydrogen-bond donors (Lipinski definition) is 2. The molecule has 0 bridgehead atoms. The van der Waals surface area contributed by atoms with E-state index in [-0.39, 0.29) is 37.0 Å². The van der Waals surface area contributed by atoms with Gasteiger partial charge in [0, 0.05) is 42.9 Å². The average Bonchev–Trinajstić information content (AvgIpc) is 3.25. The van der Waals surface area contributed by atoms with Crippen molar-refractivity contribution in [1.82, 2.24) is 15.1 Å². The van der Waals surface area contributed by atoms with Gasteiger partial charge in [0.25, 0.3) is 0 Å². The molecule has 0 saturated heterocycles. The number of fused-ring (bicyclic) bond motifs is 1. The molecule has 0 saturated carbocycles. The SMILES string of the molecule is Cc1ccc(C#N)cc1NCC(=O)N(CCNC(C)C)CC(=O)N(C)C1Cc2ccc(Cl)cc2C1. The van der Waals surface area contributed by atoms with Crippen molar-refractivity contribution in [2.24, 2.45) is 0 Å². The number of halogens is 1. The highest BCUT2D eigenvalue weighted by molar-refractivity contribution is 6.30. The monoisotopic (exact) mass is 495 g/mol. The summed E-state index contributed by atoms with van der Waals surface area (Å²) < 4.78 is 0. The van der Waals surface area contributed by atoms with Crippen molar-refractivity contribution in [2.45, 2.75) is 45.7 Å². The highest BCUT2D eigenvalue weighted by atomic mass is 35.5. The van der Waals surface area contributed by atoms with Crippen molar-refractivity contribution < 1.29 is 9.59 Å². The third-order valence-electron chi connectivity index (χ3n) is 6.43. The van der Waals surface area contributed by atoms with E-state index in [0.717, 1.165) is 24.1 Å². The molecule has 1 aliphatic carbocycles. The summed E-state index contributed by atoms with van der Waals surface area (Å²) in [5.74, 6) is -0.255. The number of anilines is 1. The molecular formula is C27H34ClN5O2. The lowest BCUT2D eigenvalue weighted by molar-refractivity contribution is -0.140. The predicted molar refractivity (Wildman–Crippen MR) is 140 cm³/mol. The first-order chi connectivity index (χ1) is 16.7. The van der Waals surface area contributed by atoms with Crippen LogP contribution in [0.5, 0.6) is 0 Å². The molecular weight excluding hydrogens is 462 g/mol. The second-order valence-corrected chi connectivity index (χ2v) is 9.84. The van der Waals surface area contributed by atoms with E-state index in [1.165, 1.54) is 11.1 Å². The van der Waals surface area contributed by atoms with Crippen LogP contribution in [-0.4, -0.2) is 66.9 Å². The van der Waals surface area contributed by atoms with Gasteiger partial charge in [-0.05, 0) is 60.7 Å². The molecule has 8 heteroatoms. The van der Waals surface area contributed by atoms with Gasteiger partial charge in [0.1, 0.15) is 0 Å². The number of nitriles is 1. The molecule has 0 heterocycles. The van der Waals surface area contributed by atoms with E-state index < -0.39 is 0 Å². The molecule has 3 rings (SSSR count). The van der Waals surface area contributed by atoms with Gasteiger partial charge < -0.3 is 20.4 Å². The van der Waals surface area contributed by atoms with Gasteiger partial charge in [-0.3, -0.25) is 9.59 Å². The Labute approximate surface area is 213 Å². The third-order valence-corrected chi connectivity index (χ3v) is 6.67. The van der Waals surface area contributed by atoms with Crippen LogP contribution in [-0.2, 0) is 22.4 Å². The molecule has 35 heavy (non-hydrogen) atoms. The standard InChI is InChI=1S/C27H34ClN5O2/c1-18(2)30-9-10-33(26(34)16-31-25-11-20(15-29)6-5-19(25)3)17-27(35)32(4)24-13-21-7-8-23(28)12-22(21)14-24/h5-8,11-12,18,24,30-31H,9-10,13-14,16-17H2,1-4H3. The molecule has 1 atom stereocenters. The van der Waals surface area contributed by atoms with Crippen molar-refractivity contribution in [2.75, 3.05) is 38.5 Å². The van der Waals surface area contributed by atoms with E-state index in [0.29, 0.717) is 23.7 Å². The molecule has 7 nitrogen and oxygen atoms in total. The summed E-state index contributed by atoms with van der Waals surface area (Å²) in [4.78, 5) is 29.7. The number of nitrogens with one attached hydrogen (secondary N) is 2. The number of nitrogens with zero attached hydrogens (tertiary/aromatic N) is 3. The maximum Gasteiger partial charge on any atom is 0.242 e. The topological polar surface area (TPSA) is 88.5 Å². The van der Waals surface area contributed by atoms with Crippen LogP contribution < -0.4 is 10.6 Å². The zero-order valence-electron chi connectivity index (χ0n) is 20.9. The minimum Gasteiger partial charge on any atom is -0.376 e. The summed E-state index contributed by atoms with van der Waals surface area (Å²) in [6, 6.07) is 13.7. The maximum atomic E-state index is 13.2. The number of hydrogen-bond acceptors (Lipinski definition) is 5. The van der Waals surface area contributed by atoms with Gasteiger partial charge in [0.2, 0.25) is 11.8 Å². The fourth-order valence-corrected chi connectivity index (χ4v) is 4.46. The maximum absolute atomic E-state index is 13.2. The molecule has 2 amide bonds. The van der Waals surface area contributed by atoms with Crippen molar-refractivity contribution in [1.29, 1.82) is 5.26 Å². The molecule has 186 valence electrons. The molecule has 2 aromatic rings. The van der Waals surface area contributed by atoms with E-state index in [9.17, 15) is 9.59 Å². The smallest absolute Gasteiger partial charge is 0.242 e. The fraction of sp³-hybridized carbons (Fsp3) is 0.444. The van der Waals surface area contributed by atoms with Gasteiger partial charge in [-0.25, -0.2) is 0 Å². The molecule has 0 aliphatic heterocycles. The van der Waals surface area contributed by atoms with Gasteiger partial charge in [-0.15, -0.1) is 0 Å². The van der Waals surface area contributed by atoms with Crippen LogP contribution >= 0.6 is 11.6 Å². The minimum atomic E-state index is -0.166. The Kier molecular flexibility index (Phi) is 9.13. The first kappa shape index (κ1) is 26.5. The number of rotatable bonds is 10. The average molecular weight is 496 g/mol. The summed E-state index contributed by atoms with van der Waals surface area (Å²) in [7, 11) is 1.81. The summed E-state index contributed by atoms with van der Waals surface area (Å²) in [5.41, 5.74) is 4.60. The van der Waals surface area contributed by atoms with Crippen LogP contribution in [0.15, 0.2) is 36.4 Å². The third kappa shape index (κ3) is 7.20. The van der Waals surface area contributed by atoms with Gasteiger partial charge in [0.15, 0.2) is 0 Å². The van der Waals surface area contributed by atoms with Gasteiger partial charge >= 0.3 is 0 Å². The van der Waals surface area contributed by atoms with E-state index in [1.807, 2.05) is 52.1 Å². The summed E-state index contributed by atoms with van der Waals surface area (Å²) in [6.07, 6.45) is 1.55. The quantitative estimate of drug-likeness (QED) is 0.527. The molecule has 0 radical (unpaired) electrons. The Hall–Kier alpha value is -3.08. The number of carbonyl (C=O) groups is 2. The van der Waals surface area contributed by atoms with Crippen LogP contribution in [0.3, 0.4) is 0 Å². The van der Waals surface area contributed by atoms with E-state index in [2.05, 4.69) is 16.7 Å². The summed E-state index contributed by atoms with van der Waals surface area (Å²) in [6.45, 7) is 7.09. The number of likely N-dealkylation sites (N-methyl/N-ethyl adjacent to an activating group) is 1. The Bertz CT molecular complexity index is 1110. The number of carbonyl (C=O) groups excluding carboxylic acids is 2. The van der Waals surface area contributed by atoms with Crippen LogP contribution in [0.1, 0.15) is 36.1 Å². The van der Waals surface area contributed by atoms with Crippen molar-refractivity contribution >= 4 is 29.1 Å². The first-order valence-corrected chi connectivity index (χ1v) is 12.3. The lowest BCUT2D eigenvalue weighted by Crippen LogP contribution is -2.48. The normalized spacial score (nSPS) is 14.4. The van der Waals surface area contributed by atoms with Crippen LogP contribution in [0.2, 0.25) is 5.02 Å². The first-order valence-electron chi connectivity index (χ1n) is 12.0. The van der Waals surface area contributed by atoms with Gasteiger partial charge in [-0.1, -0.05) is 37.6 Å². The zero-order valence-corrected chi connectivity index (χ0v) is 21.7. The number of benzene rings is 2. The lowest BCUT2D eigenvalue weighted by atomic mass is 10.1. The van der Waals surface area contributed by atoms with Crippen LogP contribution in [0, 0.1) is 18.3 Å². The lowest BCUT2D eigenvalue weighted by Gasteiger charge is -2.29. The Morgan fingerprint density at radius 3 is 2.60 bits per heavy atom. The van der Waals surface area contributed by atoms with Crippen molar-refractivity contribution in [3.8, 4) is 6.07 Å². The largest absolute Gasteiger partial charge is 0.376 e. The Morgan fingerprint density at radius 2 is 1.89 bits per heavy atom. The van der Waals surface area contributed by atoms with Crippen molar-refractivity contribution in [3.63, 3.8) is 0 Å². The molecule has 2 aromatic carbocycles. The highest BCUT2D eigenvalue weighted by Crippen LogP contribution is 2.27. The predicted octanol–water partition coefficient (Wildman–Crippen LogP) is 3.38. The van der Waals surface area contributed by atoms with E-state index in [4.69, 9.17) is 16.9 Å². The Balaban J connectivity index is 1.64. The number of aryl methyl sites for hydroxylation is 1. The number of amides is 2. The van der Waals surface area contributed by atoms with Gasteiger partial charge in [-0.2, -0.15) is 5.26 Å². The molecule has 2 N–H and O–H groups in total. The molecule has 0 aromatic heterocycles. The zero-order chi connectivity index (χ0) is 25.5. The second kappa shape index (κ2) is 12.1. The minimum absolute atomic E-state index is 0.0155. The van der Waals surface area contributed by atoms with Gasteiger partial charge in [0.05, 0.1) is 24.7 Å². The molecule has 0 fully saturated rings. The molecule has 1 unspecified atom stereocenters. The fourth-order valence-electron chi connectivity index (χ4n) is 4.26. The van der Waals surface area contributed by atoms with Crippen LogP contribution in [0.25, 0.3) is 0 Å². The highest BCUT2D eigenvalue weighted by Gasteiger charge is 2.29. The van der Waals surface area contributed by atoms with Crippen LogP contribution in [0.4, 0.5) is 5.69 Å². The summed E-state index contributed by atoms with van der Waals surface area (Å²) in [5, 5.41) is 16.3. The van der Waals surface area contributed by atoms with E-state index in [1.54, 1.807) is 21.9 Å². The summed E-state index contributed by atoms with van der Waals surface area (Å²) >= 11 is 6.14. The molecule has 1 aliphatic rings. The van der Waals surface area contributed by atoms with Crippen molar-refractivity contribution in [3.05, 3.63) is 63.7 Å². The molecule has 0 spiro atoms. The Morgan fingerprint density at radius 1 is 1.14 bits per heavy atom. The van der Waals surface area contributed by atoms with E-state index >= 15 is 0 Å².